The summed E-state index contributed by atoms with van der Waals surface area (Å²) in [6.45, 7) is 2.56. The van der Waals surface area contributed by atoms with Crippen molar-refractivity contribution in [1.29, 1.82) is 0 Å². The van der Waals surface area contributed by atoms with Gasteiger partial charge in [-0.15, -0.1) is 0 Å². The van der Waals surface area contributed by atoms with Gasteiger partial charge in [0.15, 0.2) is 0 Å². The summed E-state index contributed by atoms with van der Waals surface area (Å²) in [6.07, 6.45) is 2.17. The number of nitrogens with one attached hydrogen (secondary N) is 1. The average molecular weight is 323 g/mol. The third-order valence-corrected chi connectivity index (χ3v) is 3.70. The normalized spacial score (nSPS) is 21.2. The Kier molecular flexibility index (Phi) is 6.76. The van der Waals surface area contributed by atoms with Crippen molar-refractivity contribution in [3.63, 3.8) is 0 Å². The predicted octanol–water partition coefficient (Wildman–Crippen LogP) is 0.556. The lowest BCUT2D eigenvalue weighted by atomic mass is 10.1. The summed E-state index contributed by atoms with van der Waals surface area (Å²) in [5.74, 6) is 0.266. The zero-order valence-corrected chi connectivity index (χ0v) is 13.9. The Morgan fingerprint density at radius 1 is 1.52 bits per heavy atom. The lowest BCUT2D eigenvalue weighted by Crippen LogP contribution is -2.50. The fourth-order valence-corrected chi connectivity index (χ4v) is 2.34. The van der Waals surface area contributed by atoms with Crippen LogP contribution in [0.5, 0.6) is 5.88 Å². The summed E-state index contributed by atoms with van der Waals surface area (Å²) >= 11 is 0. The van der Waals surface area contributed by atoms with Gasteiger partial charge in [0, 0.05) is 31.0 Å². The molecule has 0 spiro atoms. The number of hydrogen-bond acceptors (Lipinski definition) is 6. The molecule has 1 aliphatic heterocycles. The topological polar surface area (TPSA) is 72.9 Å². The first kappa shape index (κ1) is 17.7. The van der Waals surface area contributed by atoms with Crippen molar-refractivity contribution < 1.29 is 19.0 Å². The molecule has 23 heavy (non-hydrogen) atoms. The summed E-state index contributed by atoms with van der Waals surface area (Å²) in [6, 6.07) is 3.23. The highest BCUT2D eigenvalue weighted by Gasteiger charge is 2.28. The van der Waals surface area contributed by atoms with Crippen molar-refractivity contribution >= 4 is 5.91 Å². The highest BCUT2D eigenvalue weighted by Crippen LogP contribution is 2.14. The first-order chi connectivity index (χ1) is 11.1. The third-order valence-electron chi connectivity index (χ3n) is 3.70. The molecular weight excluding hydrogens is 298 g/mol. The third kappa shape index (κ3) is 5.46. The Bertz CT molecular complexity index is 510. The molecular formula is C16H25N3O4. The van der Waals surface area contributed by atoms with Gasteiger partial charge in [0.2, 0.25) is 5.88 Å². The lowest BCUT2D eigenvalue weighted by Gasteiger charge is -2.32. The van der Waals surface area contributed by atoms with E-state index in [1.54, 1.807) is 18.3 Å². The molecule has 1 N–H and O–H groups in total. The molecule has 0 saturated carbocycles. The number of aromatic nitrogens is 1. The number of likely N-dealkylation sites (N-methyl/N-ethyl adjacent to an activating group) is 1. The van der Waals surface area contributed by atoms with E-state index in [9.17, 15) is 4.79 Å². The fourth-order valence-electron chi connectivity index (χ4n) is 2.34. The van der Waals surface area contributed by atoms with Gasteiger partial charge in [-0.05, 0) is 26.6 Å². The molecule has 0 aromatic carbocycles. The molecule has 7 nitrogen and oxygen atoms in total. The van der Waals surface area contributed by atoms with Crippen molar-refractivity contribution in [3.8, 4) is 5.88 Å². The van der Waals surface area contributed by atoms with Crippen LogP contribution in [0.25, 0.3) is 0 Å². The first-order valence-electron chi connectivity index (χ1n) is 7.75. The molecule has 0 radical (unpaired) electrons. The molecule has 1 aliphatic rings. The second-order valence-electron chi connectivity index (χ2n) is 5.74. The molecule has 0 unspecified atom stereocenters. The predicted molar refractivity (Wildman–Crippen MR) is 85.8 cm³/mol. The van der Waals surface area contributed by atoms with E-state index in [0.29, 0.717) is 31.3 Å². The number of pyridine rings is 1. The van der Waals surface area contributed by atoms with Crippen LogP contribution in [0.3, 0.4) is 0 Å². The van der Waals surface area contributed by atoms with Crippen LogP contribution >= 0.6 is 0 Å². The lowest BCUT2D eigenvalue weighted by molar-refractivity contribution is -0.0690. The van der Waals surface area contributed by atoms with Crippen LogP contribution in [0.15, 0.2) is 18.3 Å². The van der Waals surface area contributed by atoms with Crippen LogP contribution in [-0.4, -0.2) is 75.5 Å². The van der Waals surface area contributed by atoms with Crippen molar-refractivity contribution in [2.45, 2.75) is 18.6 Å². The van der Waals surface area contributed by atoms with Gasteiger partial charge >= 0.3 is 0 Å². The Balaban J connectivity index is 1.93. The maximum Gasteiger partial charge on any atom is 0.251 e. The Labute approximate surface area is 136 Å². The second kappa shape index (κ2) is 8.81. The van der Waals surface area contributed by atoms with Gasteiger partial charge in [0.25, 0.3) is 5.91 Å². The summed E-state index contributed by atoms with van der Waals surface area (Å²) in [5.41, 5.74) is 0.524. The minimum atomic E-state index is -0.154. The summed E-state index contributed by atoms with van der Waals surface area (Å²) in [7, 11) is 5.52. The van der Waals surface area contributed by atoms with Crippen LogP contribution in [-0.2, 0) is 9.47 Å². The summed E-state index contributed by atoms with van der Waals surface area (Å²) in [5, 5.41) is 3.03. The summed E-state index contributed by atoms with van der Waals surface area (Å²) in [4.78, 5) is 18.5. The average Bonchev–Trinajstić information content (AvgIpc) is 2.56. The van der Waals surface area contributed by atoms with Crippen molar-refractivity contribution in [3.05, 3.63) is 23.9 Å². The molecule has 2 heterocycles. The molecule has 0 aliphatic carbocycles. The van der Waals surface area contributed by atoms with Gasteiger partial charge in [-0.25, -0.2) is 4.98 Å². The van der Waals surface area contributed by atoms with Gasteiger partial charge in [0.05, 0.1) is 26.4 Å². The van der Waals surface area contributed by atoms with Gasteiger partial charge in [0.1, 0.15) is 6.10 Å². The molecule has 2 atom stereocenters. The van der Waals surface area contributed by atoms with Crippen molar-refractivity contribution in [2.24, 2.45) is 0 Å². The highest BCUT2D eigenvalue weighted by molar-refractivity contribution is 5.94. The number of amides is 1. The maximum absolute atomic E-state index is 12.4. The van der Waals surface area contributed by atoms with E-state index in [1.165, 1.54) is 7.11 Å². The Morgan fingerprint density at radius 3 is 3.09 bits per heavy atom. The zero-order valence-electron chi connectivity index (χ0n) is 13.9. The van der Waals surface area contributed by atoms with Crippen molar-refractivity contribution in [2.75, 3.05) is 47.6 Å². The molecule has 2 rings (SSSR count). The van der Waals surface area contributed by atoms with Crippen LogP contribution in [0.1, 0.15) is 16.8 Å². The van der Waals surface area contributed by atoms with Gasteiger partial charge < -0.3 is 24.4 Å². The van der Waals surface area contributed by atoms with E-state index in [1.807, 2.05) is 14.1 Å². The first-order valence-corrected chi connectivity index (χ1v) is 7.75. The molecule has 0 bridgehead atoms. The maximum atomic E-state index is 12.4. The summed E-state index contributed by atoms with van der Waals surface area (Å²) < 4.78 is 16.4. The van der Waals surface area contributed by atoms with E-state index >= 15 is 0 Å². The molecule has 128 valence electrons. The largest absolute Gasteiger partial charge is 0.481 e. The minimum Gasteiger partial charge on any atom is -0.481 e. The smallest absolute Gasteiger partial charge is 0.251 e. The van der Waals surface area contributed by atoms with Crippen LogP contribution in [0, 0.1) is 0 Å². The molecule has 1 amide bonds. The molecule has 1 aromatic rings. The number of methoxy groups -OCH3 is 1. The number of hydrogen-bond donors (Lipinski definition) is 1. The van der Waals surface area contributed by atoms with Crippen LogP contribution in [0.2, 0.25) is 0 Å². The number of rotatable bonds is 7. The number of carbonyl (C=O) groups excluding carboxylic acids is 1. The monoisotopic (exact) mass is 323 g/mol. The van der Waals surface area contributed by atoms with E-state index in [2.05, 4.69) is 15.2 Å². The van der Waals surface area contributed by atoms with E-state index < -0.39 is 0 Å². The van der Waals surface area contributed by atoms with E-state index in [4.69, 9.17) is 14.2 Å². The minimum absolute atomic E-state index is 0.0578. The Morgan fingerprint density at radius 2 is 2.35 bits per heavy atom. The molecule has 1 fully saturated rings. The molecule has 1 aromatic heterocycles. The standard InChI is InChI=1S/C16H25N3O4/c1-19(2)7-9-23-14-11-22-8-5-13(14)18-16(20)12-4-6-17-15(10-12)21-3/h4,6,10,13-14H,5,7-9,11H2,1-3H3,(H,18,20)/t13-,14-/m1/s1. The van der Waals surface area contributed by atoms with Crippen LogP contribution in [0.4, 0.5) is 0 Å². The van der Waals surface area contributed by atoms with Crippen molar-refractivity contribution in [1.82, 2.24) is 15.2 Å². The second-order valence-corrected chi connectivity index (χ2v) is 5.74. The number of carbonyl (C=O) groups is 1. The SMILES string of the molecule is COc1cc(C(=O)N[C@@H]2CCOC[C@H]2OCCN(C)C)ccn1. The van der Waals surface area contributed by atoms with Gasteiger partial charge in [-0.2, -0.15) is 0 Å². The number of nitrogens with zero attached hydrogens (tertiary/aromatic N) is 2. The quantitative estimate of drug-likeness (QED) is 0.790. The van der Waals surface area contributed by atoms with Gasteiger partial charge in [-0.3, -0.25) is 4.79 Å². The fraction of sp³-hybridized carbons (Fsp3) is 0.625. The van der Waals surface area contributed by atoms with Crippen LogP contribution < -0.4 is 10.1 Å². The number of ether oxygens (including phenoxy) is 3. The molecule has 1 saturated heterocycles. The van der Waals surface area contributed by atoms with Gasteiger partial charge in [-0.1, -0.05) is 0 Å². The van der Waals surface area contributed by atoms with E-state index in [0.717, 1.165) is 13.0 Å². The zero-order chi connectivity index (χ0) is 16.7. The highest BCUT2D eigenvalue weighted by atomic mass is 16.5. The Hall–Kier alpha value is -1.70. The molecule has 7 heteroatoms. The van der Waals surface area contributed by atoms with E-state index in [-0.39, 0.29) is 18.1 Å².